The molecule has 0 radical (unpaired) electrons. The van der Waals surface area contributed by atoms with Crippen LogP contribution in [0.15, 0.2) is 18.2 Å². The number of hydrogen-bond donors (Lipinski definition) is 0. The number of benzene rings is 1. The Morgan fingerprint density at radius 1 is 1.37 bits per heavy atom. The Bertz CT molecular complexity index is 591. The molecule has 4 nitrogen and oxygen atoms in total. The lowest BCUT2D eigenvalue weighted by molar-refractivity contribution is -0.120. The van der Waals surface area contributed by atoms with Gasteiger partial charge in [0.1, 0.15) is 10.5 Å². The fraction of sp³-hybridized carbons (Fsp3) is 0.462. The first-order valence-corrected chi connectivity index (χ1v) is 7.92. The average molecular weight is 305 g/mol. The first kappa shape index (κ1) is 16.0. The van der Waals surface area contributed by atoms with Crippen molar-refractivity contribution in [3.63, 3.8) is 0 Å². The number of hydrogen-bond acceptors (Lipinski definition) is 4. The number of carbonyl (C=O) groups excluding carboxylic acids is 1. The first-order chi connectivity index (χ1) is 8.59. The zero-order valence-electron chi connectivity index (χ0n) is 11.4. The van der Waals surface area contributed by atoms with E-state index < -0.39 is 20.4 Å². The van der Waals surface area contributed by atoms with Crippen LogP contribution in [0.3, 0.4) is 0 Å². The molecule has 0 N–H and O–H groups in total. The SMILES string of the molecule is COc1ccc(Cl)cc1CC(=O)C(C)(C)S(C)(=O)=O. The van der Waals surface area contributed by atoms with E-state index in [0.717, 1.165) is 6.26 Å². The van der Waals surface area contributed by atoms with Gasteiger partial charge in [0, 0.05) is 23.3 Å². The van der Waals surface area contributed by atoms with Crippen LogP contribution in [0.1, 0.15) is 19.4 Å². The summed E-state index contributed by atoms with van der Waals surface area (Å²) in [7, 11) is -1.99. The minimum Gasteiger partial charge on any atom is -0.496 e. The second kappa shape index (κ2) is 5.51. The lowest BCUT2D eigenvalue weighted by Crippen LogP contribution is -2.40. The summed E-state index contributed by atoms with van der Waals surface area (Å²) in [5, 5.41) is 0.473. The standard InChI is InChI=1S/C13H17ClO4S/c1-13(2,19(4,16)17)12(15)8-9-7-10(14)5-6-11(9)18-3/h5-7H,8H2,1-4H3. The highest BCUT2D eigenvalue weighted by Crippen LogP contribution is 2.26. The van der Waals surface area contributed by atoms with Gasteiger partial charge in [0.05, 0.1) is 7.11 Å². The maximum Gasteiger partial charge on any atom is 0.159 e. The predicted octanol–water partition coefficient (Wildman–Crippen LogP) is 2.28. The lowest BCUT2D eigenvalue weighted by atomic mass is 9.99. The molecule has 1 aromatic rings. The molecule has 0 aromatic heterocycles. The summed E-state index contributed by atoms with van der Waals surface area (Å²) < 4.78 is 27.0. The Kier molecular flexibility index (Phi) is 4.63. The van der Waals surface area contributed by atoms with Gasteiger partial charge < -0.3 is 4.74 Å². The number of ether oxygens (including phenoxy) is 1. The molecule has 0 atom stereocenters. The zero-order valence-corrected chi connectivity index (χ0v) is 12.9. The highest BCUT2D eigenvalue weighted by molar-refractivity contribution is 7.92. The average Bonchev–Trinajstić information content (AvgIpc) is 2.27. The van der Waals surface area contributed by atoms with Crippen LogP contribution in [0.5, 0.6) is 5.75 Å². The molecule has 19 heavy (non-hydrogen) atoms. The van der Waals surface area contributed by atoms with Crippen LogP contribution in [0.25, 0.3) is 0 Å². The summed E-state index contributed by atoms with van der Waals surface area (Å²) in [4.78, 5) is 12.2. The molecule has 1 aromatic carbocycles. The Hall–Kier alpha value is -1.07. The molecule has 0 bridgehead atoms. The fourth-order valence-electron chi connectivity index (χ4n) is 1.48. The smallest absolute Gasteiger partial charge is 0.159 e. The van der Waals surface area contributed by atoms with E-state index in [2.05, 4.69) is 0 Å². The minimum absolute atomic E-state index is 0.0379. The third-order valence-corrected chi connectivity index (χ3v) is 5.51. The van der Waals surface area contributed by atoms with E-state index in [1.807, 2.05) is 0 Å². The van der Waals surface area contributed by atoms with Crippen LogP contribution < -0.4 is 4.74 Å². The Balaban J connectivity index is 3.10. The molecule has 0 aliphatic heterocycles. The van der Waals surface area contributed by atoms with Crippen molar-refractivity contribution in [3.8, 4) is 5.75 Å². The van der Waals surface area contributed by atoms with Gasteiger partial charge >= 0.3 is 0 Å². The Labute approximate surface area is 118 Å². The van der Waals surface area contributed by atoms with Crippen LogP contribution in [-0.4, -0.2) is 32.3 Å². The maximum atomic E-state index is 12.2. The van der Waals surface area contributed by atoms with Gasteiger partial charge in [-0.2, -0.15) is 0 Å². The third kappa shape index (κ3) is 3.48. The molecule has 0 saturated heterocycles. The monoisotopic (exact) mass is 304 g/mol. The number of ketones is 1. The second-order valence-corrected chi connectivity index (χ2v) is 7.84. The van der Waals surface area contributed by atoms with E-state index in [1.165, 1.54) is 21.0 Å². The highest BCUT2D eigenvalue weighted by Gasteiger charge is 2.38. The quantitative estimate of drug-likeness (QED) is 0.837. The maximum absolute atomic E-state index is 12.2. The normalized spacial score (nSPS) is 12.3. The van der Waals surface area contributed by atoms with E-state index in [9.17, 15) is 13.2 Å². The van der Waals surface area contributed by atoms with Gasteiger partial charge in [0.15, 0.2) is 15.6 Å². The molecule has 0 spiro atoms. The highest BCUT2D eigenvalue weighted by atomic mass is 35.5. The van der Waals surface area contributed by atoms with Crippen molar-refractivity contribution >= 4 is 27.2 Å². The van der Waals surface area contributed by atoms with Crippen molar-refractivity contribution in [2.24, 2.45) is 0 Å². The molecule has 0 unspecified atom stereocenters. The minimum atomic E-state index is -3.47. The molecule has 0 aliphatic carbocycles. The zero-order chi connectivity index (χ0) is 14.8. The molecular weight excluding hydrogens is 288 g/mol. The van der Waals surface area contributed by atoms with Gasteiger partial charge in [0.25, 0.3) is 0 Å². The summed E-state index contributed by atoms with van der Waals surface area (Å²) in [6.07, 6.45) is 1.02. The van der Waals surface area contributed by atoms with E-state index in [4.69, 9.17) is 16.3 Å². The van der Waals surface area contributed by atoms with Crippen molar-refractivity contribution in [1.82, 2.24) is 0 Å². The number of Topliss-reactive ketones (excluding diaryl/α,β-unsaturated/α-hetero) is 1. The van der Waals surface area contributed by atoms with E-state index in [1.54, 1.807) is 18.2 Å². The summed E-state index contributed by atoms with van der Waals surface area (Å²) >= 11 is 5.88. The number of methoxy groups -OCH3 is 1. The van der Waals surface area contributed by atoms with Crippen molar-refractivity contribution in [1.29, 1.82) is 0 Å². The lowest BCUT2D eigenvalue weighted by Gasteiger charge is -2.21. The van der Waals surface area contributed by atoms with Gasteiger partial charge in [-0.25, -0.2) is 8.42 Å². The van der Waals surface area contributed by atoms with Gasteiger partial charge in [-0.1, -0.05) is 11.6 Å². The van der Waals surface area contributed by atoms with Gasteiger partial charge in [-0.05, 0) is 32.0 Å². The summed E-state index contributed by atoms with van der Waals surface area (Å²) in [5.74, 6) is 0.123. The van der Waals surface area contributed by atoms with Crippen molar-refractivity contribution < 1.29 is 17.9 Å². The molecule has 106 valence electrons. The molecule has 1 rings (SSSR count). The van der Waals surface area contributed by atoms with Gasteiger partial charge in [-0.3, -0.25) is 4.79 Å². The van der Waals surface area contributed by atoms with Crippen molar-refractivity contribution in [2.45, 2.75) is 25.0 Å². The van der Waals surface area contributed by atoms with Gasteiger partial charge in [-0.15, -0.1) is 0 Å². The van der Waals surface area contributed by atoms with Crippen LogP contribution >= 0.6 is 11.6 Å². The predicted molar refractivity (Wildman–Crippen MR) is 75.6 cm³/mol. The third-order valence-electron chi connectivity index (χ3n) is 3.19. The number of carbonyl (C=O) groups is 1. The number of sulfone groups is 1. The van der Waals surface area contributed by atoms with Gasteiger partial charge in [0.2, 0.25) is 0 Å². The number of halogens is 1. The van der Waals surface area contributed by atoms with Crippen LogP contribution in [0, 0.1) is 0 Å². The molecule has 0 saturated carbocycles. The molecule has 6 heteroatoms. The molecule has 0 fully saturated rings. The van der Waals surface area contributed by atoms with Crippen molar-refractivity contribution in [3.05, 3.63) is 28.8 Å². The Morgan fingerprint density at radius 3 is 2.42 bits per heavy atom. The topological polar surface area (TPSA) is 60.4 Å². The fourth-order valence-corrected chi connectivity index (χ4v) is 2.16. The Morgan fingerprint density at radius 2 is 1.95 bits per heavy atom. The van der Waals surface area contributed by atoms with E-state index in [-0.39, 0.29) is 6.42 Å². The summed E-state index contributed by atoms with van der Waals surface area (Å²) in [5.41, 5.74) is 0.580. The number of rotatable bonds is 5. The van der Waals surface area contributed by atoms with Crippen LogP contribution in [0.4, 0.5) is 0 Å². The molecule has 0 amide bonds. The molecule has 0 aliphatic rings. The molecular formula is C13H17ClO4S. The largest absolute Gasteiger partial charge is 0.496 e. The van der Waals surface area contributed by atoms with Crippen molar-refractivity contribution in [2.75, 3.05) is 13.4 Å². The van der Waals surface area contributed by atoms with E-state index in [0.29, 0.717) is 16.3 Å². The van der Waals surface area contributed by atoms with Crippen LogP contribution in [-0.2, 0) is 21.1 Å². The van der Waals surface area contributed by atoms with Crippen LogP contribution in [0.2, 0.25) is 5.02 Å². The second-order valence-electron chi connectivity index (χ2n) is 4.84. The summed E-state index contributed by atoms with van der Waals surface area (Å²) in [6.45, 7) is 2.81. The molecule has 0 heterocycles. The first-order valence-electron chi connectivity index (χ1n) is 5.65. The summed E-state index contributed by atoms with van der Waals surface area (Å²) in [6, 6.07) is 4.91. The van der Waals surface area contributed by atoms with E-state index >= 15 is 0 Å².